The molecule has 1 unspecified atom stereocenters. The van der Waals surface area contributed by atoms with Crippen LogP contribution in [0.15, 0.2) is 46.2 Å². The summed E-state index contributed by atoms with van der Waals surface area (Å²) in [6.07, 6.45) is 1.86. The second-order valence-electron chi connectivity index (χ2n) is 5.19. The van der Waals surface area contributed by atoms with Crippen molar-refractivity contribution in [3.8, 4) is 0 Å². The monoisotopic (exact) mass is 302 g/mol. The SMILES string of the molecule is [O-][S+]1c2cccc(CCO)c2Cc2cccc(CCO)c21. The minimum atomic E-state index is -1.21. The van der Waals surface area contributed by atoms with Gasteiger partial charge in [0.2, 0.25) is 0 Å². The van der Waals surface area contributed by atoms with Crippen LogP contribution in [-0.4, -0.2) is 28.0 Å². The van der Waals surface area contributed by atoms with Crippen LogP contribution in [0.5, 0.6) is 0 Å². The first-order chi connectivity index (χ1) is 10.3. The third kappa shape index (κ3) is 2.60. The van der Waals surface area contributed by atoms with Crippen LogP contribution in [0, 0.1) is 0 Å². The molecule has 2 N–H and O–H groups in total. The molecule has 1 aliphatic rings. The van der Waals surface area contributed by atoms with Crippen molar-refractivity contribution in [2.24, 2.45) is 0 Å². The zero-order valence-electron chi connectivity index (χ0n) is 11.7. The molecule has 0 bridgehead atoms. The van der Waals surface area contributed by atoms with E-state index < -0.39 is 11.2 Å². The van der Waals surface area contributed by atoms with Crippen molar-refractivity contribution in [1.29, 1.82) is 0 Å². The summed E-state index contributed by atoms with van der Waals surface area (Å²) < 4.78 is 12.9. The maximum absolute atomic E-state index is 12.9. The lowest BCUT2D eigenvalue weighted by Gasteiger charge is -2.25. The summed E-state index contributed by atoms with van der Waals surface area (Å²) >= 11 is -1.21. The van der Waals surface area contributed by atoms with E-state index in [9.17, 15) is 14.8 Å². The Balaban J connectivity index is 2.10. The Kier molecular flexibility index (Phi) is 4.31. The number of aliphatic hydroxyl groups is 2. The summed E-state index contributed by atoms with van der Waals surface area (Å²) in [5, 5.41) is 18.4. The standard InChI is InChI=1S/C17H18O3S/c18-9-7-12-3-2-6-16-15(12)11-14-5-1-4-13(8-10-19)17(14)21(16)20/h1-6,18-19H,7-11H2. The molecule has 1 heterocycles. The van der Waals surface area contributed by atoms with Crippen LogP contribution < -0.4 is 0 Å². The number of rotatable bonds is 4. The van der Waals surface area contributed by atoms with Gasteiger partial charge in [-0.25, -0.2) is 0 Å². The Hall–Kier alpha value is -1.33. The van der Waals surface area contributed by atoms with Crippen LogP contribution in [0.1, 0.15) is 22.3 Å². The molecule has 0 spiro atoms. The Morgan fingerprint density at radius 2 is 1.62 bits per heavy atom. The first-order valence-corrected chi connectivity index (χ1v) is 8.26. The van der Waals surface area contributed by atoms with E-state index in [-0.39, 0.29) is 13.2 Å². The van der Waals surface area contributed by atoms with Gasteiger partial charge in [-0.1, -0.05) is 30.3 Å². The molecule has 0 fully saturated rings. The molecule has 3 rings (SSSR count). The third-order valence-corrected chi connectivity index (χ3v) is 5.60. The predicted octanol–water partition coefficient (Wildman–Crippen LogP) is 1.83. The average molecular weight is 302 g/mol. The molecule has 4 heteroatoms. The lowest BCUT2D eigenvalue weighted by molar-refractivity contribution is 0.298. The second-order valence-corrected chi connectivity index (χ2v) is 6.58. The highest BCUT2D eigenvalue weighted by Gasteiger charge is 2.31. The van der Waals surface area contributed by atoms with Crippen molar-refractivity contribution in [2.75, 3.05) is 13.2 Å². The van der Waals surface area contributed by atoms with E-state index in [4.69, 9.17) is 0 Å². The maximum Gasteiger partial charge on any atom is 0.165 e. The van der Waals surface area contributed by atoms with Crippen molar-refractivity contribution in [1.82, 2.24) is 0 Å². The molecule has 2 aromatic carbocycles. The van der Waals surface area contributed by atoms with E-state index >= 15 is 0 Å². The van der Waals surface area contributed by atoms with Crippen molar-refractivity contribution in [3.05, 3.63) is 58.7 Å². The summed E-state index contributed by atoms with van der Waals surface area (Å²) in [7, 11) is 0. The highest BCUT2D eigenvalue weighted by atomic mass is 32.2. The Bertz CT molecular complexity index is 654. The molecule has 3 nitrogen and oxygen atoms in total. The van der Waals surface area contributed by atoms with E-state index in [1.54, 1.807) is 0 Å². The van der Waals surface area contributed by atoms with Gasteiger partial charge in [0, 0.05) is 53.9 Å². The van der Waals surface area contributed by atoms with E-state index in [2.05, 4.69) is 0 Å². The summed E-state index contributed by atoms with van der Waals surface area (Å²) in [4.78, 5) is 1.71. The molecule has 0 radical (unpaired) electrons. The van der Waals surface area contributed by atoms with E-state index in [1.807, 2.05) is 36.4 Å². The topological polar surface area (TPSA) is 63.5 Å². The summed E-state index contributed by atoms with van der Waals surface area (Å²) in [6.45, 7) is 0.158. The number of aliphatic hydroxyl groups excluding tert-OH is 2. The van der Waals surface area contributed by atoms with Gasteiger partial charge in [0.1, 0.15) is 0 Å². The molecule has 0 aromatic heterocycles. The van der Waals surface area contributed by atoms with Crippen LogP contribution in [0.3, 0.4) is 0 Å². The zero-order valence-corrected chi connectivity index (χ0v) is 12.5. The van der Waals surface area contributed by atoms with Gasteiger partial charge in [-0.15, -0.1) is 0 Å². The Labute approximate surface area is 127 Å². The molecular formula is C17H18O3S. The van der Waals surface area contributed by atoms with Gasteiger partial charge in [-0.05, 0) is 18.1 Å². The average Bonchev–Trinajstić information content (AvgIpc) is 2.49. The van der Waals surface area contributed by atoms with Crippen LogP contribution in [0.4, 0.5) is 0 Å². The van der Waals surface area contributed by atoms with E-state index in [1.165, 1.54) is 0 Å². The molecule has 21 heavy (non-hydrogen) atoms. The molecule has 0 saturated carbocycles. The highest BCUT2D eigenvalue weighted by molar-refractivity contribution is 7.91. The summed E-state index contributed by atoms with van der Waals surface area (Å²) in [6, 6.07) is 11.7. The predicted molar refractivity (Wildman–Crippen MR) is 81.9 cm³/mol. The summed E-state index contributed by atoms with van der Waals surface area (Å²) in [5.74, 6) is 0. The second kappa shape index (κ2) is 6.20. The van der Waals surface area contributed by atoms with E-state index in [0.29, 0.717) is 12.8 Å². The Morgan fingerprint density at radius 3 is 2.38 bits per heavy atom. The number of benzene rings is 2. The minimum Gasteiger partial charge on any atom is -0.606 e. The lowest BCUT2D eigenvalue weighted by atomic mass is 9.96. The first kappa shape index (κ1) is 14.6. The van der Waals surface area contributed by atoms with Gasteiger partial charge in [-0.3, -0.25) is 0 Å². The van der Waals surface area contributed by atoms with Crippen molar-refractivity contribution in [2.45, 2.75) is 29.1 Å². The first-order valence-electron chi connectivity index (χ1n) is 7.11. The van der Waals surface area contributed by atoms with Crippen LogP contribution in [0.2, 0.25) is 0 Å². The van der Waals surface area contributed by atoms with Crippen LogP contribution in [-0.2, 0) is 30.4 Å². The van der Waals surface area contributed by atoms with Crippen molar-refractivity contribution in [3.63, 3.8) is 0 Å². The summed E-state index contributed by atoms with van der Waals surface area (Å²) in [5.41, 5.74) is 4.18. The fourth-order valence-electron chi connectivity index (χ4n) is 2.97. The molecule has 0 aliphatic carbocycles. The van der Waals surface area contributed by atoms with Gasteiger partial charge in [0.15, 0.2) is 9.79 Å². The van der Waals surface area contributed by atoms with Gasteiger partial charge in [0.25, 0.3) is 0 Å². The molecule has 1 atom stereocenters. The maximum atomic E-state index is 12.9. The molecule has 0 amide bonds. The van der Waals surface area contributed by atoms with Gasteiger partial charge >= 0.3 is 0 Å². The van der Waals surface area contributed by atoms with E-state index in [0.717, 1.165) is 38.5 Å². The third-order valence-electron chi connectivity index (χ3n) is 3.92. The molecule has 2 aromatic rings. The molecular weight excluding hydrogens is 284 g/mol. The fraction of sp³-hybridized carbons (Fsp3) is 0.294. The van der Waals surface area contributed by atoms with Crippen LogP contribution in [0.25, 0.3) is 0 Å². The zero-order chi connectivity index (χ0) is 14.8. The number of fused-ring (bicyclic) bond motifs is 2. The quantitative estimate of drug-likeness (QED) is 0.847. The van der Waals surface area contributed by atoms with Crippen LogP contribution >= 0.6 is 0 Å². The normalized spacial score (nSPS) is 16.4. The van der Waals surface area contributed by atoms with Gasteiger partial charge in [0.05, 0.1) is 0 Å². The molecule has 0 saturated heterocycles. The number of hydrogen-bond acceptors (Lipinski definition) is 3. The lowest BCUT2D eigenvalue weighted by Crippen LogP contribution is -2.19. The molecule has 110 valence electrons. The fourth-order valence-corrected chi connectivity index (χ4v) is 4.61. The Morgan fingerprint density at radius 1 is 0.952 bits per heavy atom. The van der Waals surface area contributed by atoms with Crippen molar-refractivity contribution >= 4 is 11.2 Å². The number of hydrogen-bond donors (Lipinski definition) is 2. The van der Waals surface area contributed by atoms with Gasteiger partial charge < -0.3 is 14.8 Å². The highest BCUT2D eigenvalue weighted by Crippen LogP contribution is 2.38. The largest absolute Gasteiger partial charge is 0.606 e. The minimum absolute atomic E-state index is 0.0606. The van der Waals surface area contributed by atoms with Crippen molar-refractivity contribution < 1.29 is 14.8 Å². The smallest absolute Gasteiger partial charge is 0.165 e. The molecule has 1 aliphatic heterocycles. The van der Waals surface area contributed by atoms with Gasteiger partial charge in [-0.2, -0.15) is 0 Å².